The predicted molar refractivity (Wildman–Crippen MR) is 143 cm³/mol. The van der Waals surface area contributed by atoms with E-state index in [0.29, 0.717) is 19.1 Å². The van der Waals surface area contributed by atoms with Crippen molar-refractivity contribution in [2.45, 2.75) is 70.4 Å². The first-order chi connectivity index (χ1) is 17.3. The third-order valence-electron chi connectivity index (χ3n) is 7.71. The lowest BCUT2D eigenvalue weighted by Gasteiger charge is -2.27. The lowest BCUT2D eigenvalue weighted by atomic mass is 9.83. The van der Waals surface area contributed by atoms with E-state index < -0.39 is 12.0 Å². The van der Waals surface area contributed by atoms with Crippen LogP contribution in [-0.2, 0) is 22.6 Å². The molecule has 4 rings (SSSR count). The van der Waals surface area contributed by atoms with E-state index >= 15 is 0 Å². The number of anilines is 2. The number of fused-ring (bicyclic) bond motifs is 1. The Kier molecular flexibility index (Phi) is 8.19. The average molecular weight is 494 g/mol. The van der Waals surface area contributed by atoms with E-state index in [-0.39, 0.29) is 12.3 Å². The normalized spacial score (nSPS) is 16.5. The van der Waals surface area contributed by atoms with E-state index in [1.807, 2.05) is 19.1 Å². The van der Waals surface area contributed by atoms with Crippen molar-refractivity contribution < 1.29 is 19.4 Å². The van der Waals surface area contributed by atoms with Gasteiger partial charge in [0.15, 0.2) is 0 Å². The number of nitrogens with one attached hydrogen (secondary N) is 1. The van der Waals surface area contributed by atoms with Crippen molar-refractivity contribution in [2.75, 3.05) is 37.5 Å². The fourth-order valence-corrected chi connectivity index (χ4v) is 5.68. The second kappa shape index (κ2) is 11.3. The van der Waals surface area contributed by atoms with E-state index in [2.05, 4.69) is 42.5 Å². The Morgan fingerprint density at radius 1 is 1.17 bits per heavy atom. The first kappa shape index (κ1) is 26.0. The van der Waals surface area contributed by atoms with Crippen LogP contribution in [0.2, 0.25) is 0 Å². The second-order valence-electron chi connectivity index (χ2n) is 10.3. The van der Waals surface area contributed by atoms with Gasteiger partial charge < -0.3 is 25.0 Å². The molecule has 2 aliphatic rings. The highest BCUT2D eigenvalue weighted by atomic mass is 16.5. The van der Waals surface area contributed by atoms with Gasteiger partial charge in [0.1, 0.15) is 12.4 Å². The minimum atomic E-state index is -0.994. The Bertz CT molecular complexity index is 1110. The molecule has 1 saturated carbocycles. The van der Waals surface area contributed by atoms with Gasteiger partial charge in [-0.1, -0.05) is 31.4 Å². The molecule has 2 N–H and O–H groups in total. The first-order valence-electron chi connectivity index (χ1n) is 13.1. The summed E-state index contributed by atoms with van der Waals surface area (Å²) in [6.07, 6.45) is 7.02. The largest absolute Gasteiger partial charge is 0.489 e. The zero-order chi connectivity index (χ0) is 25.8. The number of likely N-dealkylation sites (N-methyl/N-ethyl adjacent to an activating group) is 1. The molecule has 1 aliphatic carbocycles. The van der Waals surface area contributed by atoms with Crippen molar-refractivity contribution in [2.24, 2.45) is 0 Å². The minimum absolute atomic E-state index is 0.207. The van der Waals surface area contributed by atoms with Gasteiger partial charge in [0.2, 0.25) is 5.91 Å². The molecule has 0 saturated heterocycles. The van der Waals surface area contributed by atoms with Gasteiger partial charge in [0.05, 0.1) is 12.5 Å². The summed E-state index contributed by atoms with van der Waals surface area (Å²) in [5, 5.41) is 12.0. The van der Waals surface area contributed by atoms with Gasteiger partial charge in [-0.2, -0.15) is 0 Å². The Balaban J connectivity index is 1.48. The standard InChI is InChI=1S/C29H39N3O4/c1-19-22-14-15-32(29(35)24(30-2)17-28(33)34)25(22)12-13-27(19)36-18-20-10-11-23(26(16-20)31(3)4)21-8-6-5-7-9-21/h10-13,16,21,24,30H,5-9,14-15,17-18H2,1-4H3,(H,33,34)/t24-/m1/s1. The highest BCUT2D eigenvalue weighted by Gasteiger charge is 2.32. The van der Waals surface area contributed by atoms with E-state index in [9.17, 15) is 9.59 Å². The van der Waals surface area contributed by atoms with Crippen molar-refractivity contribution in [1.29, 1.82) is 0 Å². The smallest absolute Gasteiger partial charge is 0.305 e. The molecule has 1 aliphatic heterocycles. The summed E-state index contributed by atoms with van der Waals surface area (Å²) >= 11 is 0. The quantitative estimate of drug-likeness (QED) is 0.530. The fraction of sp³-hybridized carbons (Fsp3) is 0.517. The van der Waals surface area contributed by atoms with E-state index in [1.165, 1.54) is 43.4 Å². The van der Waals surface area contributed by atoms with Gasteiger partial charge in [-0.15, -0.1) is 0 Å². The van der Waals surface area contributed by atoms with Crippen molar-refractivity contribution in [3.8, 4) is 5.75 Å². The van der Waals surface area contributed by atoms with Gasteiger partial charge in [0.25, 0.3) is 0 Å². The van der Waals surface area contributed by atoms with Gasteiger partial charge in [-0.3, -0.25) is 9.59 Å². The SMILES string of the molecule is CN[C@H](CC(=O)O)C(=O)N1CCc2c1ccc(OCc1ccc(C3CCCCC3)c(N(C)C)c1)c2C. The van der Waals surface area contributed by atoms with Gasteiger partial charge in [0, 0.05) is 32.0 Å². The molecule has 0 radical (unpaired) electrons. The molecule has 7 nitrogen and oxygen atoms in total. The summed E-state index contributed by atoms with van der Waals surface area (Å²) in [5.74, 6) is 0.266. The highest BCUT2D eigenvalue weighted by molar-refractivity contribution is 6.00. The zero-order valence-electron chi connectivity index (χ0n) is 22.0. The average Bonchev–Trinajstić information content (AvgIpc) is 3.31. The maximum Gasteiger partial charge on any atom is 0.305 e. The Morgan fingerprint density at radius 2 is 1.92 bits per heavy atom. The number of carbonyl (C=O) groups is 2. The number of benzene rings is 2. The summed E-state index contributed by atoms with van der Waals surface area (Å²) in [4.78, 5) is 28.0. The topological polar surface area (TPSA) is 82.1 Å². The van der Waals surface area contributed by atoms with Crippen LogP contribution in [0.15, 0.2) is 30.3 Å². The molecule has 0 aromatic heterocycles. The maximum atomic E-state index is 13.0. The molecule has 0 bridgehead atoms. The molecule has 1 amide bonds. The fourth-order valence-electron chi connectivity index (χ4n) is 5.68. The lowest BCUT2D eigenvalue weighted by molar-refractivity contribution is -0.139. The number of ether oxygens (including phenoxy) is 1. The maximum absolute atomic E-state index is 13.0. The van der Waals surface area contributed by atoms with Crippen molar-refractivity contribution in [1.82, 2.24) is 5.32 Å². The van der Waals surface area contributed by atoms with Crippen LogP contribution in [-0.4, -0.2) is 50.7 Å². The zero-order valence-corrected chi connectivity index (χ0v) is 22.0. The summed E-state index contributed by atoms with van der Waals surface area (Å²) in [6.45, 7) is 3.06. The number of hydrogen-bond donors (Lipinski definition) is 2. The van der Waals surface area contributed by atoms with E-state index in [4.69, 9.17) is 9.84 Å². The molecule has 2 aromatic carbocycles. The summed E-state index contributed by atoms with van der Waals surface area (Å²) < 4.78 is 6.27. The van der Waals surface area contributed by atoms with E-state index in [0.717, 1.165) is 34.5 Å². The van der Waals surface area contributed by atoms with Gasteiger partial charge in [-0.05, 0) is 79.6 Å². The van der Waals surface area contributed by atoms with Crippen LogP contribution in [0.3, 0.4) is 0 Å². The highest BCUT2D eigenvalue weighted by Crippen LogP contribution is 2.39. The van der Waals surface area contributed by atoms with Crippen molar-refractivity contribution in [3.05, 3.63) is 52.6 Å². The molecule has 36 heavy (non-hydrogen) atoms. The van der Waals surface area contributed by atoms with Crippen LogP contribution in [0.5, 0.6) is 5.75 Å². The molecule has 1 heterocycles. The third kappa shape index (κ3) is 5.51. The number of carboxylic acids is 1. The van der Waals surface area contributed by atoms with Crippen LogP contribution >= 0.6 is 0 Å². The molecule has 2 aromatic rings. The third-order valence-corrected chi connectivity index (χ3v) is 7.71. The molecule has 194 valence electrons. The Morgan fingerprint density at radius 3 is 2.58 bits per heavy atom. The number of amides is 1. The van der Waals surface area contributed by atoms with Crippen LogP contribution in [0, 0.1) is 6.92 Å². The van der Waals surface area contributed by atoms with Crippen LogP contribution in [0.4, 0.5) is 11.4 Å². The summed E-state index contributed by atoms with van der Waals surface area (Å²) in [5.41, 5.74) is 6.84. The van der Waals surface area contributed by atoms with E-state index in [1.54, 1.807) is 11.9 Å². The molecule has 1 fully saturated rings. The monoisotopic (exact) mass is 493 g/mol. The second-order valence-corrected chi connectivity index (χ2v) is 10.3. The molecular formula is C29H39N3O4. The number of aliphatic carboxylic acids is 1. The van der Waals surface area contributed by atoms with Crippen LogP contribution < -0.4 is 19.9 Å². The predicted octanol–water partition coefficient (Wildman–Crippen LogP) is 4.64. The summed E-state index contributed by atoms with van der Waals surface area (Å²) in [6, 6.07) is 9.85. The first-order valence-corrected chi connectivity index (χ1v) is 13.1. The molecule has 0 unspecified atom stereocenters. The number of rotatable bonds is 9. The van der Waals surface area contributed by atoms with Gasteiger partial charge >= 0.3 is 5.97 Å². The number of carboxylic acid groups (broad SMARTS) is 1. The summed E-state index contributed by atoms with van der Waals surface area (Å²) in [7, 11) is 5.84. The van der Waals surface area contributed by atoms with Gasteiger partial charge in [-0.25, -0.2) is 0 Å². The molecule has 0 spiro atoms. The number of carbonyl (C=O) groups excluding carboxylic acids is 1. The minimum Gasteiger partial charge on any atom is -0.489 e. The number of hydrogen-bond acceptors (Lipinski definition) is 5. The Hall–Kier alpha value is -3.06. The van der Waals surface area contributed by atoms with Crippen molar-refractivity contribution in [3.63, 3.8) is 0 Å². The molecule has 7 heteroatoms. The lowest BCUT2D eigenvalue weighted by Crippen LogP contribution is -2.45. The molecular weight excluding hydrogens is 454 g/mol. The number of nitrogens with zero attached hydrogens (tertiary/aromatic N) is 2. The Labute approximate surface area is 214 Å². The van der Waals surface area contributed by atoms with Crippen molar-refractivity contribution >= 4 is 23.3 Å². The molecule has 1 atom stereocenters. The van der Waals surface area contributed by atoms with Crippen LogP contribution in [0.25, 0.3) is 0 Å². The van der Waals surface area contributed by atoms with Crippen LogP contribution in [0.1, 0.15) is 66.7 Å².